The van der Waals surface area contributed by atoms with Crippen LogP contribution in [0.5, 0.6) is 0 Å². The van der Waals surface area contributed by atoms with Gasteiger partial charge in [-0.3, -0.25) is 4.57 Å². The Morgan fingerprint density at radius 1 is 1.00 bits per heavy atom. The van der Waals surface area contributed by atoms with E-state index < -0.39 is 7.52 Å². The van der Waals surface area contributed by atoms with E-state index in [4.69, 9.17) is 9.79 Å². The van der Waals surface area contributed by atoms with E-state index >= 15 is 0 Å². The van der Waals surface area contributed by atoms with Crippen molar-refractivity contribution in [1.29, 1.82) is 5.26 Å². The van der Waals surface area contributed by atoms with Gasteiger partial charge in [0.15, 0.2) is 5.81 Å². The lowest BCUT2D eigenvalue weighted by Gasteiger charge is -2.21. The quantitative estimate of drug-likeness (QED) is 0.348. The van der Waals surface area contributed by atoms with E-state index in [1.165, 1.54) is 38.5 Å². The van der Waals surface area contributed by atoms with E-state index in [0.29, 0.717) is 13.2 Å². The zero-order valence-corrected chi connectivity index (χ0v) is 14.3. The Labute approximate surface area is 125 Å². The second-order valence-corrected chi connectivity index (χ2v) is 7.49. The summed E-state index contributed by atoms with van der Waals surface area (Å²) in [6, 6.07) is 0. The molecule has 0 aromatic heterocycles. The molecule has 0 aliphatic carbocycles. The molecule has 4 nitrogen and oxygen atoms in total. The summed E-state index contributed by atoms with van der Waals surface area (Å²) < 4.78 is 19.1. The Bertz CT molecular complexity index is 315. The van der Waals surface area contributed by atoms with E-state index in [0.717, 1.165) is 19.3 Å². The van der Waals surface area contributed by atoms with Crippen LogP contribution in [0.4, 0.5) is 0 Å². The SMILES string of the molecule is CCCCCCCCCCOP(=O)(C#N)N(C)CCC. The van der Waals surface area contributed by atoms with Crippen LogP contribution in [0.2, 0.25) is 0 Å². The molecule has 0 bridgehead atoms. The number of hydrogen-bond acceptors (Lipinski definition) is 3. The highest BCUT2D eigenvalue weighted by atomic mass is 31.2. The molecule has 0 saturated heterocycles. The second-order valence-electron chi connectivity index (χ2n) is 5.31. The number of nitriles is 1. The van der Waals surface area contributed by atoms with Crippen LogP contribution in [-0.2, 0) is 9.09 Å². The average Bonchev–Trinajstić information content (AvgIpc) is 2.45. The molecule has 0 aromatic rings. The minimum Gasteiger partial charge on any atom is -0.307 e. The predicted molar refractivity (Wildman–Crippen MR) is 84.7 cm³/mol. The maximum Gasteiger partial charge on any atom is 0.370 e. The summed E-state index contributed by atoms with van der Waals surface area (Å²) in [5.41, 5.74) is 0. The van der Waals surface area contributed by atoms with Gasteiger partial charge in [0, 0.05) is 6.54 Å². The highest BCUT2D eigenvalue weighted by Gasteiger charge is 2.27. The van der Waals surface area contributed by atoms with Crippen molar-refractivity contribution in [3.8, 4) is 5.81 Å². The van der Waals surface area contributed by atoms with E-state index in [9.17, 15) is 4.57 Å². The maximum absolute atomic E-state index is 12.2. The fraction of sp³-hybridized carbons (Fsp3) is 0.933. The fourth-order valence-electron chi connectivity index (χ4n) is 2.08. The number of unbranched alkanes of at least 4 members (excludes halogenated alkanes) is 7. The van der Waals surface area contributed by atoms with Crippen molar-refractivity contribution in [1.82, 2.24) is 4.67 Å². The largest absolute Gasteiger partial charge is 0.370 e. The van der Waals surface area contributed by atoms with Gasteiger partial charge in [0.1, 0.15) is 0 Å². The van der Waals surface area contributed by atoms with Gasteiger partial charge in [0.05, 0.1) is 6.61 Å². The summed E-state index contributed by atoms with van der Waals surface area (Å²) in [6.45, 7) is 5.27. The van der Waals surface area contributed by atoms with Crippen molar-refractivity contribution in [2.75, 3.05) is 20.2 Å². The molecule has 0 rings (SSSR count). The minimum atomic E-state index is -3.24. The van der Waals surface area contributed by atoms with Crippen molar-refractivity contribution in [2.45, 2.75) is 71.6 Å². The van der Waals surface area contributed by atoms with Crippen LogP contribution in [0.1, 0.15) is 71.6 Å². The molecule has 0 amide bonds. The van der Waals surface area contributed by atoms with Gasteiger partial charge in [-0.05, 0) is 19.9 Å². The van der Waals surface area contributed by atoms with E-state index in [1.54, 1.807) is 11.7 Å². The molecular formula is C15H31N2O2P. The smallest absolute Gasteiger partial charge is 0.307 e. The van der Waals surface area contributed by atoms with Crippen molar-refractivity contribution < 1.29 is 9.09 Å². The minimum absolute atomic E-state index is 0.424. The van der Waals surface area contributed by atoms with Crippen molar-refractivity contribution in [3.63, 3.8) is 0 Å². The van der Waals surface area contributed by atoms with Crippen LogP contribution < -0.4 is 0 Å². The summed E-state index contributed by atoms with van der Waals surface area (Å²) in [5, 5.41) is 9.03. The summed E-state index contributed by atoms with van der Waals surface area (Å²) in [6.07, 6.45) is 10.6. The molecule has 0 aromatic carbocycles. The standard InChI is InChI=1S/C15H31N2O2P/c1-4-6-7-8-9-10-11-12-14-19-20(18,15-16)17(3)13-5-2/h4-14H2,1-3H3. The van der Waals surface area contributed by atoms with Gasteiger partial charge in [-0.15, -0.1) is 0 Å². The van der Waals surface area contributed by atoms with Crippen LogP contribution in [-0.4, -0.2) is 24.9 Å². The lowest BCUT2D eigenvalue weighted by molar-refractivity contribution is 0.272. The molecule has 20 heavy (non-hydrogen) atoms. The lowest BCUT2D eigenvalue weighted by Crippen LogP contribution is -2.17. The van der Waals surface area contributed by atoms with Crippen LogP contribution in [0.15, 0.2) is 0 Å². The topological polar surface area (TPSA) is 53.3 Å². The first-order chi connectivity index (χ1) is 9.60. The van der Waals surface area contributed by atoms with Crippen molar-refractivity contribution in [2.24, 2.45) is 0 Å². The third-order valence-corrected chi connectivity index (χ3v) is 5.27. The molecule has 1 unspecified atom stereocenters. The Morgan fingerprint density at radius 3 is 2.05 bits per heavy atom. The molecule has 0 fully saturated rings. The number of rotatable bonds is 13. The molecule has 118 valence electrons. The molecule has 0 heterocycles. The molecule has 0 saturated carbocycles. The van der Waals surface area contributed by atoms with Gasteiger partial charge < -0.3 is 4.52 Å². The highest BCUT2D eigenvalue weighted by Crippen LogP contribution is 2.48. The predicted octanol–water partition coefficient (Wildman–Crippen LogP) is 5.16. The fourth-order valence-corrected chi connectivity index (χ4v) is 3.33. The Hall–Kier alpha value is -0.360. The molecule has 1 atom stereocenters. The van der Waals surface area contributed by atoms with Gasteiger partial charge in [-0.1, -0.05) is 58.8 Å². The zero-order valence-electron chi connectivity index (χ0n) is 13.4. The summed E-state index contributed by atoms with van der Waals surface area (Å²) >= 11 is 0. The van der Waals surface area contributed by atoms with Crippen LogP contribution >= 0.6 is 7.52 Å². The molecular weight excluding hydrogens is 271 g/mol. The first-order valence-corrected chi connectivity index (χ1v) is 9.56. The van der Waals surface area contributed by atoms with Gasteiger partial charge in [0.2, 0.25) is 0 Å². The lowest BCUT2D eigenvalue weighted by atomic mass is 10.1. The molecule has 5 heteroatoms. The molecule has 0 radical (unpaired) electrons. The van der Waals surface area contributed by atoms with Gasteiger partial charge in [-0.25, -0.2) is 4.67 Å². The average molecular weight is 302 g/mol. The van der Waals surface area contributed by atoms with Gasteiger partial charge in [-0.2, -0.15) is 5.26 Å². The van der Waals surface area contributed by atoms with Crippen molar-refractivity contribution >= 4 is 7.52 Å². The zero-order chi connectivity index (χ0) is 15.3. The summed E-state index contributed by atoms with van der Waals surface area (Å²) in [4.78, 5) is 0. The van der Waals surface area contributed by atoms with Crippen molar-refractivity contribution in [3.05, 3.63) is 0 Å². The van der Waals surface area contributed by atoms with E-state index in [-0.39, 0.29) is 0 Å². The van der Waals surface area contributed by atoms with E-state index in [2.05, 4.69) is 6.92 Å². The van der Waals surface area contributed by atoms with Crippen LogP contribution in [0.25, 0.3) is 0 Å². The monoisotopic (exact) mass is 302 g/mol. The first-order valence-electron chi connectivity index (χ1n) is 7.98. The molecule has 0 N–H and O–H groups in total. The third kappa shape index (κ3) is 8.74. The van der Waals surface area contributed by atoms with Crippen LogP contribution in [0, 0.1) is 11.1 Å². The Balaban J connectivity index is 3.66. The van der Waals surface area contributed by atoms with E-state index in [1.807, 2.05) is 12.7 Å². The highest BCUT2D eigenvalue weighted by molar-refractivity contribution is 7.61. The summed E-state index contributed by atoms with van der Waals surface area (Å²) in [5.74, 6) is 1.85. The Morgan fingerprint density at radius 2 is 1.55 bits per heavy atom. The molecule has 0 spiro atoms. The van der Waals surface area contributed by atoms with Gasteiger partial charge >= 0.3 is 7.52 Å². The molecule has 0 aliphatic heterocycles. The molecule has 0 aliphatic rings. The van der Waals surface area contributed by atoms with Gasteiger partial charge in [0.25, 0.3) is 0 Å². The Kier molecular flexibility index (Phi) is 12.2. The third-order valence-electron chi connectivity index (χ3n) is 3.39. The second kappa shape index (κ2) is 12.4. The first kappa shape index (κ1) is 19.6. The number of hydrogen-bond donors (Lipinski definition) is 0. The maximum atomic E-state index is 12.2. The number of nitrogens with zero attached hydrogens (tertiary/aromatic N) is 2. The summed E-state index contributed by atoms with van der Waals surface area (Å²) in [7, 11) is -1.54. The van der Waals surface area contributed by atoms with Crippen LogP contribution in [0.3, 0.4) is 0 Å². The normalized spacial score (nSPS) is 14.2.